The number of ether oxygens (including phenoxy) is 2. The Labute approximate surface area is 158 Å². The van der Waals surface area contributed by atoms with Crippen molar-refractivity contribution < 1.29 is 18.8 Å². The molecule has 1 N–H and O–H groups in total. The van der Waals surface area contributed by atoms with Gasteiger partial charge in [0.15, 0.2) is 5.76 Å². The molecule has 0 aliphatic heterocycles. The summed E-state index contributed by atoms with van der Waals surface area (Å²) in [5.41, 5.74) is 3.37. The SMILES string of the molecule is COc1ccc(C(=O)NCc2cc(COc3c(C)cccc3C)no2)cc1. The van der Waals surface area contributed by atoms with Crippen LogP contribution in [0.3, 0.4) is 0 Å². The Morgan fingerprint density at radius 2 is 1.81 bits per heavy atom. The highest BCUT2D eigenvalue weighted by atomic mass is 16.5. The minimum absolute atomic E-state index is 0.192. The number of carbonyl (C=O) groups is 1. The van der Waals surface area contributed by atoms with Crippen LogP contribution in [0.4, 0.5) is 0 Å². The number of aryl methyl sites for hydroxylation is 2. The van der Waals surface area contributed by atoms with Crippen molar-refractivity contribution in [2.24, 2.45) is 0 Å². The molecule has 1 aromatic heterocycles. The molecule has 0 spiro atoms. The Morgan fingerprint density at radius 3 is 2.48 bits per heavy atom. The number of nitrogens with one attached hydrogen (secondary N) is 1. The third-order valence-electron chi connectivity index (χ3n) is 4.16. The first-order chi connectivity index (χ1) is 13.1. The van der Waals surface area contributed by atoms with Gasteiger partial charge in [-0.15, -0.1) is 0 Å². The van der Waals surface area contributed by atoms with Crippen LogP contribution >= 0.6 is 0 Å². The summed E-state index contributed by atoms with van der Waals surface area (Å²) >= 11 is 0. The number of carbonyl (C=O) groups excluding carboxylic acids is 1. The summed E-state index contributed by atoms with van der Waals surface area (Å²) in [7, 11) is 1.58. The van der Waals surface area contributed by atoms with E-state index < -0.39 is 0 Å². The lowest BCUT2D eigenvalue weighted by Gasteiger charge is -2.10. The van der Waals surface area contributed by atoms with Crippen LogP contribution in [0.5, 0.6) is 11.5 Å². The second-order valence-corrected chi connectivity index (χ2v) is 6.21. The van der Waals surface area contributed by atoms with Gasteiger partial charge in [0, 0.05) is 11.6 Å². The fraction of sp³-hybridized carbons (Fsp3) is 0.238. The summed E-state index contributed by atoms with van der Waals surface area (Å²) in [5.74, 6) is 1.93. The van der Waals surface area contributed by atoms with Gasteiger partial charge in [-0.05, 0) is 49.2 Å². The second kappa shape index (κ2) is 8.40. The molecule has 3 aromatic rings. The van der Waals surface area contributed by atoms with Gasteiger partial charge in [0.05, 0.1) is 13.7 Å². The molecule has 1 amide bonds. The molecule has 0 aliphatic carbocycles. The number of hydrogen-bond acceptors (Lipinski definition) is 5. The molecule has 0 atom stereocenters. The van der Waals surface area contributed by atoms with Gasteiger partial charge in [0.1, 0.15) is 23.8 Å². The van der Waals surface area contributed by atoms with E-state index in [0.29, 0.717) is 29.4 Å². The fourth-order valence-electron chi connectivity index (χ4n) is 2.69. The zero-order chi connectivity index (χ0) is 19.2. The van der Waals surface area contributed by atoms with Gasteiger partial charge >= 0.3 is 0 Å². The number of methoxy groups -OCH3 is 1. The number of para-hydroxylation sites is 1. The van der Waals surface area contributed by atoms with Crippen molar-refractivity contribution in [1.29, 1.82) is 0 Å². The van der Waals surface area contributed by atoms with E-state index in [0.717, 1.165) is 16.9 Å². The van der Waals surface area contributed by atoms with E-state index in [2.05, 4.69) is 10.5 Å². The number of nitrogens with zero attached hydrogens (tertiary/aromatic N) is 1. The van der Waals surface area contributed by atoms with Gasteiger partial charge in [0.2, 0.25) is 0 Å². The van der Waals surface area contributed by atoms with Crippen molar-refractivity contribution >= 4 is 5.91 Å². The molecular weight excluding hydrogens is 344 g/mol. The molecule has 0 radical (unpaired) electrons. The number of hydrogen-bond donors (Lipinski definition) is 1. The third-order valence-corrected chi connectivity index (χ3v) is 4.16. The lowest BCUT2D eigenvalue weighted by atomic mass is 10.1. The number of rotatable bonds is 7. The van der Waals surface area contributed by atoms with Crippen LogP contribution in [-0.4, -0.2) is 18.2 Å². The van der Waals surface area contributed by atoms with E-state index in [4.69, 9.17) is 14.0 Å². The first kappa shape index (κ1) is 18.5. The summed E-state index contributed by atoms with van der Waals surface area (Å²) in [4.78, 5) is 12.2. The van der Waals surface area contributed by atoms with Gasteiger partial charge in [0.25, 0.3) is 5.91 Å². The minimum atomic E-state index is -0.192. The predicted octanol–water partition coefficient (Wildman–Crippen LogP) is 3.81. The summed E-state index contributed by atoms with van der Waals surface area (Å²) in [6, 6.07) is 14.7. The van der Waals surface area contributed by atoms with E-state index in [1.807, 2.05) is 32.0 Å². The van der Waals surface area contributed by atoms with Crippen LogP contribution in [0.25, 0.3) is 0 Å². The third kappa shape index (κ3) is 4.67. The number of amides is 1. The van der Waals surface area contributed by atoms with Crippen LogP contribution in [0.2, 0.25) is 0 Å². The van der Waals surface area contributed by atoms with Crippen LogP contribution in [0.1, 0.15) is 32.9 Å². The molecule has 2 aromatic carbocycles. The highest BCUT2D eigenvalue weighted by Crippen LogP contribution is 2.23. The summed E-state index contributed by atoms with van der Waals surface area (Å²) in [6.45, 7) is 4.57. The van der Waals surface area contributed by atoms with Crippen LogP contribution in [0, 0.1) is 13.8 Å². The molecule has 6 heteroatoms. The Kier molecular flexibility index (Phi) is 5.76. The van der Waals surface area contributed by atoms with Gasteiger partial charge in [-0.25, -0.2) is 0 Å². The molecule has 27 heavy (non-hydrogen) atoms. The van der Waals surface area contributed by atoms with Gasteiger partial charge in [-0.1, -0.05) is 23.4 Å². The molecule has 0 saturated carbocycles. The molecule has 0 saturated heterocycles. The second-order valence-electron chi connectivity index (χ2n) is 6.21. The largest absolute Gasteiger partial charge is 0.497 e. The maximum absolute atomic E-state index is 12.2. The molecule has 0 aliphatic rings. The van der Waals surface area contributed by atoms with Crippen LogP contribution in [0.15, 0.2) is 53.1 Å². The first-order valence-electron chi connectivity index (χ1n) is 8.62. The molecule has 0 unspecified atom stereocenters. The molecule has 0 fully saturated rings. The van der Waals surface area contributed by atoms with E-state index in [1.54, 1.807) is 37.4 Å². The molecular formula is C21H22N2O4. The standard InChI is InChI=1S/C21H22N2O4/c1-14-5-4-6-15(2)20(14)26-13-17-11-19(27-23-17)12-22-21(24)16-7-9-18(25-3)10-8-16/h4-11H,12-13H2,1-3H3,(H,22,24). The van der Waals surface area contributed by atoms with Crippen molar-refractivity contribution in [2.75, 3.05) is 7.11 Å². The van der Waals surface area contributed by atoms with E-state index in [1.165, 1.54) is 0 Å². The van der Waals surface area contributed by atoms with Crippen molar-refractivity contribution in [2.45, 2.75) is 27.0 Å². The summed E-state index contributed by atoms with van der Waals surface area (Å²) in [5, 5.41) is 6.80. The normalized spacial score (nSPS) is 10.5. The molecule has 140 valence electrons. The Hall–Kier alpha value is -3.28. The lowest BCUT2D eigenvalue weighted by Crippen LogP contribution is -2.22. The number of benzene rings is 2. The van der Waals surface area contributed by atoms with Crippen molar-refractivity contribution in [3.05, 3.63) is 76.7 Å². The van der Waals surface area contributed by atoms with Gasteiger partial charge < -0.3 is 19.3 Å². The topological polar surface area (TPSA) is 73.6 Å². The van der Waals surface area contributed by atoms with Gasteiger partial charge in [-0.2, -0.15) is 0 Å². The van der Waals surface area contributed by atoms with Gasteiger partial charge in [-0.3, -0.25) is 4.79 Å². The quantitative estimate of drug-likeness (QED) is 0.688. The first-order valence-corrected chi connectivity index (χ1v) is 8.62. The average Bonchev–Trinajstić information content (AvgIpc) is 3.13. The smallest absolute Gasteiger partial charge is 0.251 e. The monoisotopic (exact) mass is 366 g/mol. The average molecular weight is 366 g/mol. The van der Waals surface area contributed by atoms with E-state index >= 15 is 0 Å². The summed E-state index contributed by atoms with van der Waals surface area (Å²) in [6.07, 6.45) is 0. The maximum atomic E-state index is 12.2. The van der Waals surface area contributed by atoms with E-state index in [9.17, 15) is 4.79 Å². The molecule has 6 nitrogen and oxygen atoms in total. The van der Waals surface area contributed by atoms with Crippen molar-refractivity contribution in [3.8, 4) is 11.5 Å². The molecule has 1 heterocycles. The number of aromatic nitrogens is 1. The van der Waals surface area contributed by atoms with Crippen LogP contribution in [-0.2, 0) is 13.2 Å². The maximum Gasteiger partial charge on any atom is 0.251 e. The van der Waals surface area contributed by atoms with Crippen molar-refractivity contribution in [1.82, 2.24) is 10.5 Å². The zero-order valence-electron chi connectivity index (χ0n) is 15.6. The lowest BCUT2D eigenvalue weighted by molar-refractivity contribution is 0.0947. The summed E-state index contributed by atoms with van der Waals surface area (Å²) < 4.78 is 16.2. The highest BCUT2D eigenvalue weighted by molar-refractivity contribution is 5.94. The van der Waals surface area contributed by atoms with E-state index in [-0.39, 0.29) is 12.5 Å². The Bertz CT molecular complexity index is 896. The predicted molar refractivity (Wildman–Crippen MR) is 101 cm³/mol. The van der Waals surface area contributed by atoms with Crippen molar-refractivity contribution in [3.63, 3.8) is 0 Å². The Balaban J connectivity index is 1.54. The molecule has 0 bridgehead atoms. The highest BCUT2D eigenvalue weighted by Gasteiger charge is 2.10. The fourth-order valence-corrected chi connectivity index (χ4v) is 2.69. The molecule has 3 rings (SSSR count). The zero-order valence-corrected chi connectivity index (χ0v) is 15.6. The Morgan fingerprint density at radius 1 is 1.11 bits per heavy atom. The van der Waals surface area contributed by atoms with Crippen LogP contribution < -0.4 is 14.8 Å². The minimum Gasteiger partial charge on any atom is -0.497 e.